The Kier molecular flexibility index (Phi) is 3.66. The smallest absolute Gasteiger partial charge is 0.229 e. The number of nitrogens with one attached hydrogen (secondary N) is 1. The van der Waals surface area contributed by atoms with Crippen LogP contribution in [0.4, 0.5) is 0 Å². The lowest BCUT2D eigenvalue weighted by molar-refractivity contribution is -0.129. The van der Waals surface area contributed by atoms with Crippen molar-refractivity contribution in [3.05, 3.63) is 0 Å². The molecule has 5 nitrogen and oxygen atoms in total. The normalized spacial score (nSPS) is 36.3. The van der Waals surface area contributed by atoms with E-state index in [0.29, 0.717) is 11.8 Å². The van der Waals surface area contributed by atoms with Crippen LogP contribution in [0.2, 0.25) is 0 Å². The van der Waals surface area contributed by atoms with Gasteiger partial charge in [-0.25, -0.2) is 0 Å². The highest BCUT2D eigenvalue weighted by Gasteiger charge is 2.39. The molecule has 2 fully saturated rings. The Balaban J connectivity index is 1.95. The van der Waals surface area contributed by atoms with Crippen molar-refractivity contribution in [3.63, 3.8) is 0 Å². The van der Waals surface area contributed by atoms with Crippen LogP contribution in [0.3, 0.4) is 0 Å². The van der Waals surface area contributed by atoms with E-state index >= 15 is 0 Å². The molecule has 0 aliphatic heterocycles. The van der Waals surface area contributed by atoms with Gasteiger partial charge in [0.15, 0.2) is 0 Å². The summed E-state index contributed by atoms with van der Waals surface area (Å²) in [6.07, 6.45) is 5.25. The van der Waals surface area contributed by atoms with Crippen LogP contribution in [-0.2, 0) is 9.59 Å². The topological polar surface area (TPSA) is 98.2 Å². The molecule has 2 amide bonds. The fraction of sp³-hybridized carbons (Fsp3) is 0.833. The van der Waals surface area contributed by atoms with Crippen molar-refractivity contribution >= 4 is 11.8 Å². The first-order valence-corrected chi connectivity index (χ1v) is 6.39. The van der Waals surface area contributed by atoms with E-state index in [1.807, 2.05) is 0 Å². The van der Waals surface area contributed by atoms with Crippen molar-refractivity contribution in [2.24, 2.45) is 23.3 Å². The zero-order chi connectivity index (χ0) is 12.4. The minimum Gasteiger partial charge on any atom is -0.369 e. The minimum atomic E-state index is -0.569. The molecule has 2 atom stereocenters. The summed E-state index contributed by atoms with van der Waals surface area (Å²) in [6.45, 7) is 0. The molecule has 2 saturated carbocycles. The molecule has 96 valence electrons. The van der Waals surface area contributed by atoms with Crippen LogP contribution in [0, 0.1) is 11.8 Å². The van der Waals surface area contributed by atoms with Crippen LogP contribution in [0.1, 0.15) is 38.5 Å². The van der Waals surface area contributed by atoms with Gasteiger partial charge in [-0.15, -0.1) is 0 Å². The Morgan fingerprint density at radius 3 is 2.29 bits per heavy atom. The third-order valence-corrected chi connectivity index (χ3v) is 4.04. The van der Waals surface area contributed by atoms with E-state index in [1.165, 1.54) is 6.42 Å². The molecular weight excluding hydrogens is 218 g/mol. The maximum absolute atomic E-state index is 11.6. The number of primary amides is 1. The molecular formula is C12H21N3O2. The highest BCUT2D eigenvalue weighted by atomic mass is 16.2. The van der Waals surface area contributed by atoms with Crippen molar-refractivity contribution in [3.8, 4) is 0 Å². The number of rotatable bonds is 3. The van der Waals surface area contributed by atoms with Gasteiger partial charge in [0.2, 0.25) is 11.8 Å². The third kappa shape index (κ3) is 2.97. The zero-order valence-corrected chi connectivity index (χ0v) is 10.0. The fourth-order valence-electron chi connectivity index (χ4n) is 3.42. The van der Waals surface area contributed by atoms with E-state index in [2.05, 4.69) is 5.32 Å². The van der Waals surface area contributed by atoms with E-state index in [4.69, 9.17) is 11.5 Å². The molecule has 5 heteroatoms. The van der Waals surface area contributed by atoms with E-state index in [0.717, 1.165) is 25.7 Å². The van der Waals surface area contributed by atoms with Gasteiger partial charge >= 0.3 is 0 Å². The Morgan fingerprint density at radius 1 is 1.18 bits per heavy atom. The van der Waals surface area contributed by atoms with Gasteiger partial charge in [0, 0.05) is 12.1 Å². The average molecular weight is 239 g/mol. The second-order valence-electron chi connectivity index (χ2n) is 5.42. The molecule has 0 spiro atoms. The summed E-state index contributed by atoms with van der Waals surface area (Å²) in [7, 11) is 0. The van der Waals surface area contributed by atoms with Crippen molar-refractivity contribution < 1.29 is 9.59 Å². The molecule has 0 aromatic carbocycles. The second kappa shape index (κ2) is 5.04. The molecule has 2 aliphatic rings. The van der Waals surface area contributed by atoms with Gasteiger partial charge in [0.25, 0.3) is 0 Å². The van der Waals surface area contributed by atoms with Crippen LogP contribution in [0.25, 0.3) is 0 Å². The monoisotopic (exact) mass is 239 g/mol. The molecule has 2 unspecified atom stereocenters. The van der Waals surface area contributed by atoms with Gasteiger partial charge in [-0.1, -0.05) is 6.42 Å². The second-order valence-corrected chi connectivity index (χ2v) is 5.42. The number of hydrogen-bond acceptors (Lipinski definition) is 3. The maximum Gasteiger partial charge on any atom is 0.229 e. The molecule has 0 aromatic heterocycles. The summed E-state index contributed by atoms with van der Waals surface area (Å²) in [5.41, 5.74) is 11.0. The molecule has 17 heavy (non-hydrogen) atoms. The fourth-order valence-corrected chi connectivity index (χ4v) is 3.42. The van der Waals surface area contributed by atoms with Gasteiger partial charge in [-0.05, 0) is 37.5 Å². The molecule has 0 saturated heterocycles. The van der Waals surface area contributed by atoms with E-state index < -0.39 is 5.91 Å². The quantitative estimate of drug-likeness (QED) is 0.599. The number of nitrogens with two attached hydrogens (primary N) is 2. The highest BCUT2D eigenvalue weighted by Crippen LogP contribution is 2.39. The van der Waals surface area contributed by atoms with Crippen LogP contribution in [0.15, 0.2) is 0 Å². The Bertz CT molecular complexity index is 305. The first-order valence-electron chi connectivity index (χ1n) is 6.39. The number of carbonyl (C=O) groups is 2. The molecule has 2 aliphatic carbocycles. The first-order chi connectivity index (χ1) is 8.06. The van der Waals surface area contributed by atoms with Crippen molar-refractivity contribution in [2.75, 3.05) is 0 Å². The lowest BCUT2D eigenvalue weighted by Gasteiger charge is -2.45. The summed E-state index contributed by atoms with van der Waals surface area (Å²) in [4.78, 5) is 22.3. The van der Waals surface area contributed by atoms with Crippen LogP contribution in [-0.4, -0.2) is 23.9 Å². The summed E-state index contributed by atoms with van der Waals surface area (Å²) in [5.74, 6) is 0.152. The van der Waals surface area contributed by atoms with Gasteiger partial charge in [0.1, 0.15) is 6.42 Å². The van der Waals surface area contributed by atoms with E-state index in [-0.39, 0.29) is 24.4 Å². The largest absolute Gasteiger partial charge is 0.369 e. The molecule has 5 N–H and O–H groups in total. The molecule has 2 rings (SSSR count). The van der Waals surface area contributed by atoms with Gasteiger partial charge < -0.3 is 16.8 Å². The Morgan fingerprint density at radius 2 is 1.76 bits per heavy atom. The van der Waals surface area contributed by atoms with Gasteiger partial charge in [0.05, 0.1) is 0 Å². The summed E-state index contributed by atoms with van der Waals surface area (Å²) < 4.78 is 0. The Hall–Kier alpha value is -1.10. The molecule has 2 bridgehead atoms. The lowest BCUT2D eigenvalue weighted by atomic mass is 9.67. The van der Waals surface area contributed by atoms with Crippen LogP contribution < -0.4 is 16.8 Å². The zero-order valence-electron chi connectivity index (χ0n) is 10.0. The van der Waals surface area contributed by atoms with Crippen LogP contribution >= 0.6 is 0 Å². The van der Waals surface area contributed by atoms with Gasteiger partial charge in [-0.2, -0.15) is 0 Å². The number of hydrogen-bond donors (Lipinski definition) is 3. The molecule has 0 heterocycles. The maximum atomic E-state index is 11.6. The van der Waals surface area contributed by atoms with E-state index in [9.17, 15) is 9.59 Å². The van der Waals surface area contributed by atoms with Crippen molar-refractivity contribution in [1.82, 2.24) is 5.32 Å². The number of fused-ring (bicyclic) bond motifs is 2. The third-order valence-electron chi connectivity index (χ3n) is 4.04. The summed E-state index contributed by atoms with van der Waals surface area (Å²) >= 11 is 0. The molecule has 0 aromatic rings. The van der Waals surface area contributed by atoms with Crippen molar-refractivity contribution in [1.29, 1.82) is 0 Å². The predicted molar refractivity (Wildman–Crippen MR) is 63.8 cm³/mol. The SMILES string of the molecule is NC(=O)CC(=O)NC1C2CCCC1CC(N)C2. The van der Waals surface area contributed by atoms with Crippen LogP contribution in [0.5, 0.6) is 0 Å². The highest BCUT2D eigenvalue weighted by molar-refractivity contribution is 5.96. The number of carbonyl (C=O) groups excluding carboxylic acids is 2. The van der Waals surface area contributed by atoms with Crippen molar-refractivity contribution in [2.45, 2.75) is 50.6 Å². The summed E-state index contributed by atoms with van der Waals surface area (Å²) in [6, 6.07) is 0.477. The molecule has 0 radical (unpaired) electrons. The Labute approximate surface area is 101 Å². The average Bonchev–Trinajstić information content (AvgIpc) is 2.18. The minimum absolute atomic E-state index is 0.204. The summed E-state index contributed by atoms with van der Waals surface area (Å²) in [5, 5.41) is 2.98. The lowest BCUT2D eigenvalue weighted by Crippen LogP contribution is -2.54. The van der Waals surface area contributed by atoms with E-state index in [1.54, 1.807) is 0 Å². The standard InChI is InChI=1S/C12H21N3O2/c13-9-4-7-2-1-3-8(5-9)12(7)15-11(17)6-10(14)16/h7-9,12H,1-6,13H2,(H2,14,16)(H,15,17). The first kappa shape index (κ1) is 12.4. The predicted octanol–water partition coefficient (Wildman–Crippen LogP) is -0.116. The number of amides is 2. The van der Waals surface area contributed by atoms with Gasteiger partial charge in [-0.3, -0.25) is 9.59 Å².